The lowest BCUT2D eigenvalue weighted by molar-refractivity contribution is 0.0769. The third kappa shape index (κ3) is 3.64. The zero-order chi connectivity index (χ0) is 10.6. The minimum atomic E-state index is -0.952. The molecule has 13 heavy (non-hydrogen) atoms. The van der Waals surface area contributed by atoms with Crippen LogP contribution >= 0.6 is 0 Å². The fourth-order valence-corrected chi connectivity index (χ4v) is 0.849. The molecule has 1 atom stereocenters. The molecular weight excluding hydrogens is 174 g/mol. The molecule has 0 spiro atoms. The summed E-state index contributed by atoms with van der Waals surface area (Å²) in [6.45, 7) is 5.33. The van der Waals surface area contributed by atoms with Gasteiger partial charge in [0.2, 0.25) is 0 Å². The van der Waals surface area contributed by atoms with Gasteiger partial charge in [-0.25, -0.2) is 4.79 Å². The summed E-state index contributed by atoms with van der Waals surface area (Å²) in [5.41, 5.74) is 9.68. The van der Waals surface area contributed by atoms with Crippen molar-refractivity contribution in [3.05, 3.63) is 0 Å². The van der Waals surface area contributed by atoms with Gasteiger partial charge in [-0.05, 0) is 0 Å². The highest BCUT2D eigenvalue weighted by atomic mass is 16.6. The number of amides is 1. The van der Waals surface area contributed by atoms with E-state index in [0.29, 0.717) is 0 Å². The van der Waals surface area contributed by atoms with Crippen molar-refractivity contribution in [3.8, 4) is 0 Å². The first-order valence-electron chi connectivity index (χ1n) is 3.72. The molecule has 6 nitrogen and oxygen atoms in total. The predicted octanol–water partition coefficient (Wildman–Crippen LogP) is 0.243. The Bertz CT molecular complexity index is 220. The average molecular weight is 189 g/mol. The molecule has 0 rings (SSSR count). The third-order valence-corrected chi connectivity index (χ3v) is 1.40. The molecule has 1 unspecified atom stereocenters. The van der Waals surface area contributed by atoms with E-state index in [9.17, 15) is 4.79 Å². The van der Waals surface area contributed by atoms with E-state index in [4.69, 9.17) is 21.4 Å². The maximum absolute atomic E-state index is 10.5. The third-order valence-electron chi connectivity index (χ3n) is 1.40. The lowest BCUT2D eigenvalue weighted by Gasteiger charge is -2.28. The molecule has 0 aliphatic heterocycles. The lowest BCUT2D eigenvalue weighted by atomic mass is 9.88. The van der Waals surface area contributed by atoms with Crippen molar-refractivity contribution < 1.29 is 14.7 Å². The van der Waals surface area contributed by atoms with Gasteiger partial charge < -0.3 is 21.4 Å². The molecule has 0 bridgehead atoms. The van der Waals surface area contributed by atoms with Gasteiger partial charge in [0.15, 0.2) is 11.9 Å². The Kier molecular flexibility index (Phi) is 3.53. The first-order valence-corrected chi connectivity index (χ1v) is 3.72. The Morgan fingerprint density at radius 1 is 1.46 bits per heavy atom. The summed E-state index contributed by atoms with van der Waals surface area (Å²) < 4.78 is 4.69. The zero-order valence-electron chi connectivity index (χ0n) is 7.94. The number of carbonyl (C=O) groups excluding carboxylic acids is 1. The Labute approximate surface area is 76.5 Å². The SMILES string of the molecule is CC(C)(C)C(OC(N)=O)C(N)=NO. The summed E-state index contributed by atoms with van der Waals surface area (Å²) in [7, 11) is 0. The minimum Gasteiger partial charge on any atom is -0.438 e. The largest absolute Gasteiger partial charge is 0.438 e. The van der Waals surface area contributed by atoms with E-state index in [1.807, 2.05) is 0 Å². The van der Waals surface area contributed by atoms with E-state index in [0.717, 1.165) is 0 Å². The fraction of sp³-hybridized carbons (Fsp3) is 0.714. The lowest BCUT2D eigenvalue weighted by Crippen LogP contribution is -2.44. The van der Waals surface area contributed by atoms with Crippen LogP contribution in [-0.4, -0.2) is 23.2 Å². The van der Waals surface area contributed by atoms with E-state index in [1.165, 1.54) is 0 Å². The van der Waals surface area contributed by atoms with Crippen LogP contribution in [0.15, 0.2) is 5.16 Å². The van der Waals surface area contributed by atoms with Gasteiger partial charge >= 0.3 is 6.09 Å². The number of amidine groups is 1. The van der Waals surface area contributed by atoms with E-state index >= 15 is 0 Å². The van der Waals surface area contributed by atoms with Crippen molar-refractivity contribution in [1.82, 2.24) is 0 Å². The van der Waals surface area contributed by atoms with Crippen LogP contribution < -0.4 is 11.5 Å². The minimum absolute atomic E-state index is 0.175. The van der Waals surface area contributed by atoms with E-state index < -0.39 is 17.6 Å². The molecule has 0 aliphatic rings. The summed E-state index contributed by atoms with van der Waals surface area (Å²) in [4.78, 5) is 10.5. The number of hydrogen-bond donors (Lipinski definition) is 3. The van der Waals surface area contributed by atoms with Crippen LogP contribution in [0.1, 0.15) is 20.8 Å². The highest BCUT2D eigenvalue weighted by Crippen LogP contribution is 2.22. The monoisotopic (exact) mass is 189 g/mol. The van der Waals surface area contributed by atoms with Crippen LogP contribution in [0, 0.1) is 5.41 Å². The molecule has 1 amide bonds. The second-order valence-corrected chi connectivity index (χ2v) is 3.71. The highest BCUT2D eigenvalue weighted by Gasteiger charge is 2.31. The first kappa shape index (κ1) is 11.5. The van der Waals surface area contributed by atoms with E-state index in [2.05, 4.69) is 5.16 Å². The molecule has 0 aliphatic carbocycles. The summed E-state index contributed by atoms with van der Waals surface area (Å²) in [5, 5.41) is 11.2. The predicted molar refractivity (Wildman–Crippen MR) is 47.3 cm³/mol. The molecule has 0 fully saturated rings. The zero-order valence-corrected chi connectivity index (χ0v) is 7.94. The molecule has 0 radical (unpaired) electrons. The normalized spacial score (nSPS) is 15.2. The number of nitrogens with two attached hydrogens (primary N) is 2. The molecule has 6 heteroatoms. The molecule has 0 heterocycles. The summed E-state index contributed by atoms with van der Waals surface area (Å²) >= 11 is 0. The van der Waals surface area contributed by atoms with Gasteiger partial charge in [0.25, 0.3) is 0 Å². The molecule has 0 saturated heterocycles. The van der Waals surface area contributed by atoms with Crippen molar-refractivity contribution in [3.63, 3.8) is 0 Å². The second kappa shape index (κ2) is 3.97. The molecule has 0 aromatic carbocycles. The summed E-state index contributed by atoms with van der Waals surface area (Å²) in [5.74, 6) is -0.175. The molecule has 5 N–H and O–H groups in total. The Hall–Kier alpha value is -1.46. The maximum atomic E-state index is 10.5. The maximum Gasteiger partial charge on any atom is 0.405 e. The van der Waals surface area contributed by atoms with Crippen molar-refractivity contribution in [1.29, 1.82) is 0 Å². The fourth-order valence-electron chi connectivity index (χ4n) is 0.849. The van der Waals surface area contributed by atoms with Gasteiger partial charge in [-0.1, -0.05) is 25.9 Å². The first-order chi connectivity index (χ1) is 5.79. The molecule has 0 aromatic rings. The summed E-state index contributed by atoms with van der Waals surface area (Å²) in [6.07, 6.45) is -1.78. The van der Waals surface area contributed by atoms with Crippen molar-refractivity contribution in [2.45, 2.75) is 26.9 Å². The van der Waals surface area contributed by atoms with Crippen LogP contribution in [0.3, 0.4) is 0 Å². The smallest absolute Gasteiger partial charge is 0.405 e. The number of ether oxygens (including phenoxy) is 1. The number of carbonyl (C=O) groups is 1. The molecular formula is C7H15N3O3. The van der Waals surface area contributed by atoms with Crippen molar-refractivity contribution in [2.75, 3.05) is 0 Å². The molecule has 76 valence electrons. The van der Waals surface area contributed by atoms with Gasteiger partial charge in [0.1, 0.15) is 0 Å². The van der Waals surface area contributed by atoms with Crippen LogP contribution in [0.25, 0.3) is 0 Å². The van der Waals surface area contributed by atoms with Crippen LogP contribution in [0.2, 0.25) is 0 Å². The van der Waals surface area contributed by atoms with Gasteiger partial charge in [-0.2, -0.15) is 0 Å². The van der Waals surface area contributed by atoms with Gasteiger partial charge in [-0.3, -0.25) is 0 Å². The highest BCUT2D eigenvalue weighted by molar-refractivity contribution is 5.86. The number of oxime groups is 1. The van der Waals surface area contributed by atoms with Crippen molar-refractivity contribution >= 4 is 11.9 Å². The molecule has 0 saturated carbocycles. The van der Waals surface area contributed by atoms with Gasteiger partial charge in [0.05, 0.1) is 0 Å². The van der Waals surface area contributed by atoms with Gasteiger partial charge in [-0.15, -0.1) is 0 Å². The standard InChI is InChI=1S/C7H15N3O3/c1-7(2,3)4(5(8)10-12)13-6(9)11/h4,12H,1-3H3,(H2,8,10)(H2,9,11). The van der Waals surface area contributed by atoms with E-state index in [1.54, 1.807) is 20.8 Å². The number of nitrogens with zero attached hydrogens (tertiary/aromatic N) is 1. The number of hydrogen-bond acceptors (Lipinski definition) is 4. The quantitative estimate of drug-likeness (QED) is 0.250. The topological polar surface area (TPSA) is 111 Å². The Balaban J connectivity index is 4.67. The van der Waals surface area contributed by atoms with Crippen LogP contribution in [-0.2, 0) is 4.74 Å². The Morgan fingerprint density at radius 2 is 1.92 bits per heavy atom. The van der Waals surface area contributed by atoms with Crippen LogP contribution in [0.4, 0.5) is 4.79 Å². The van der Waals surface area contributed by atoms with Crippen molar-refractivity contribution in [2.24, 2.45) is 22.0 Å². The van der Waals surface area contributed by atoms with Gasteiger partial charge in [0, 0.05) is 5.41 Å². The Morgan fingerprint density at radius 3 is 2.15 bits per heavy atom. The number of primary amides is 1. The summed E-state index contributed by atoms with van der Waals surface area (Å²) in [6, 6.07) is 0. The van der Waals surface area contributed by atoms with Crippen LogP contribution in [0.5, 0.6) is 0 Å². The van der Waals surface area contributed by atoms with E-state index in [-0.39, 0.29) is 5.84 Å². The average Bonchev–Trinajstić information content (AvgIpc) is 1.96. The molecule has 0 aromatic heterocycles. The number of rotatable bonds is 2. The second-order valence-electron chi connectivity index (χ2n) is 3.71.